The second kappa shape index (κ2) is 8.41. The summed E-state index contributed by atoms with van der Waals surface area (Å²) in [6.45, 7) is -2.15. The van der Waals surface area contributed by atoms with Crippen molar-refractivity contribution in [1.29, 1.82) is 0 Å². The fraction of sp³-hybridized carbons (Fsp3) is 0.217. The molecule has 1 aliphatic rings. The van der Waals surface area contributed by atoms with Gasteiger partial charge < -0.3 is 14.6 Å². The van der Waals surface area contributed by atoms with Gasteiger partial charge in [0.2, 0.25) is 0 Å². The van der Waals surface area contributed by atoms with E-state index in [1.807, 2.05) is 4.57 Å². The molecule has 0 fully saturated rings. The van der Waals surface area contributed by atoms with Crippen molar-refractivity contribution in [3.63, 3.8) is 0 Å². The van der Waals surface area contributed by atoms with Gasteiger partial charge in [0.1, 0.15) is 17.4 Å². The van der Waals surface area contributed by atoms with Gasteiger partial charge in [-0.25, -0.2) is 22.8 Å². The molecule has 11 heteroatoms. The first-order valence-electron chi connectivity index (χ1n) is 10.3. The number of nitrogens with zero attached hydrogens (tertiary/aromatic N) is 3. The van der Waals surface area contributed by atoms with Gasteiger partial charge in [-0.2, -0.15) is 8.78 Å². The number of imidazole rings is 1. The standard InChI is InChI=1S/C23H19F3N4O3S/c1-34(31,32)22-8-13(6-7-28-22)15-9-18-17(10-16(15)24)29-21-12-27-11-19(30(18)21)14-4-2-3-5-20(14)33-23(25)26/h2-10,19,23,27H,11-12H2,1H3. The summed E-state index contributed by atoms with van der Waals surface area (Å²) in [5.41, 5.74) is 2.04. The lowest BCUT2D eigenvalue weighted by atomic mass is 10.0. The molecule has 3 heterocycles. The van der Waals surface area contributed by atoms with E-state index in [0.717, 1.165) is 6.26 Å². The van der Waals surface area contributed by atoms with E-state index in [0.29, 0.717) is 41.1 Å². The van der Waals surface area contributed by atoms with E-state index in [2.05, 4.69) is 15.3 Å². The number of aromatic nitrogens is 3. The first-order chi connectivity index (χ1) is 16.2. The van der Waals surface area contributed by atoms with Gasteiger partial charge in [0.25, 0.3) is 0 Å². The lowest BCUT2D eigenvalue weighted by Crippen LogP contribution is -2.34. The monoisotopic (exact) mass is 488 g/mol. The molecule has 1 aliphatic heterocycles. The lowest BCUT2D eigenvalue weighted by Gasteiger charge is -2.28. The van der Waals surface area contributed by atoms with Crippen LogP contribution in [0.4, 0.5) is 13.2 Å². The van der Waals surface area contributed by atoms with E-state index in [1.54, 1.807) is 24.3 Å². The number of rotatable bonds is 5. The van der Waals surface area contributed by atoms with Crippen LogP contribution in [0.1, 0.15) is 17.4 Å². The number of para-hydroxylation sites is 1. The minimum atomic E-state index is -3.59. The molecule has 4 aromatic rings. The van der Waals surface area contributed by atoms with Crippen LogP contribution in [0.2, 0.25) is 0 Å². The van der Waals surface area contributed by atoms with E-state index in [1.165, 1.54) is 30.5 Å². The Balaban J connectivity index is 1.69. The zero-order valence-corrected chi connectivity index (χ0v) is 18.7. The Bertz CT molecular complexity index is 1500. The van der Waals surface area contributed by atoms with Gasteiger partial charge in [-0.15, -0.1) is 0 Å². The number of hydrogen-bond acceptors (Lipinski definition) is 6. The third-order valence-corrected chi connectivity index (χ3v) is 6.69. The smallest absolute Gasteiger partial charge is 0.387 e. The van der Waals surface area contributed by atoms with Crippen molar-refractivity contribution in [2.75, 3.05) is 12.8 Å². The second-order valence-electron chi connectivity index (χ2n) is 7.94. The molecule has 1 N–H and O–H groups in total. The summed E-state index contributed by atoms with van der Waals surface area (Å²) in [6, 6.07) is 11.8. The normalized spacial score (nSPS) is 16.1. The maximum atomic E-state index is 15.1. The summed E-state index contributed by atoms with van der Waals surface area (Å²) in [6.07, 6.45) is 2.34. The number of sulfone groups is 1. The number of nitrogens with one attached hydrogen (secondary N) is 1. The SMILES string of the molecule is CS(=O)(=O)c1cc(-c2cc3c(cc2F)nc2n3C(c3ccccc3OC(F)F)CNC2)ccn1. The Kier molecular flexibility index (Phi) is 5.53. The zero-order chi connectivity index (χ0) is 24.0. The highest BCUT2D eigenvalue weighted by Gasteiger charge is 2.28. The Labute approximate surface area is 193 Å². The summed E-state index contributed by atoms with van der Waals surface area (Å²) in [7, 11) is -3.59. The summed E-state index contributed by atoms with van der Waals surface area (Å²) in [5.74, 6) is 0.0917. The number of halogens is 3. The number of benzene rings is 2. The third-order valence-electron chi connectivity index (χ3n) is 5.70. The molecule has 0 spiro atoms. The predicted molar refractivity (Wildman–Crippen MR) is 119 cm³/mol. The molecule has 0 saturated heterocycles. The maximum Gasteiger partial charge on any atom is 0.387 e. The minimum Gasteiger partial charge on any atom is -0.434 e. The van der Waals surface area contributed by atoms with Crippen LogP contribution in [0.25, 0.3) is 22.2 Å². The van der Waals surface area contributed by atoms with Crippen molar-refractivity contribution in [3.8, 4) is 16.9 Å². The largest absolute Gasteiger partial charge is 0.434 e. The molecule has 2 aromatic heterocycles. The van der Waals surface area contributed by atoms with Crippen molar-refractivity contribution in [2.24, 2.45) is 0 Å². The van der Waals surface area contributed by atoms with Crippen molar-refractivity contribution in [1.82, 2.24) is 19.9 Å². The Morgan fingerprint density at radius 2 is 1.97 bits per heavy atom. The van der Waals surface area contributed by atoms with Crippen LogP contribution < -0.4 is 10.1 Å². The van der Waals surface area contributed by atoms with Gasteiger partial charge in [0.15, 0.2) is 14.9 Å². The topological polar surface area (TPSA) is 86.1 Å². The molecule has 2 aromatic carbocycles. The number of pyridine rings is 1. The molecular weight excluding hydrogens is 469 g/mol. The van der Waals surface area contributed by atoms with Gasteiger partial charge in [-0.05, 0) is 29.8 Å². The Morgan fingerprint density at radius 1 is 1.18 bits per heavy atom. The molecule has 176 valence electrons. The highest BCUT2D eigenvalue weighted by atomic mass is 32.2. The van der Waals surface area contributed by atoms with Crippen LogP contribution in [0, 0.1) is 5.82 Å². The van der Waals surface area contributed by atoms with Gasteiger partial charge >= 0.3 is 6.61 Å². The molecule has 1 atom stereocenters. The van der Waals surface area contributed by atoms with E-state index in [-0.39, 0.29) is 16.3 Å². The van der Waals surface area contributed by atoms with Crippen molar-refractivity contribution in [2.45, 2.75) is 24.2 Å². The molecule has 0 bridgehead atoms. The molecule has 0 radical (unpaired) electrons. The van der Waals surface area contributed by atoms with Gasteiger partial charge in [-0.3, -0.25) is 0 Å². The first-order valence-corrected chi connectivity index (χ1v) is 12.2. The summed E-state index contributed by atoms with van der Waals surface area (Å²) < 4.78 is 71.6. The van der Waals surface area contributed by atoms with Crippen LogP contribution in [-0.4, -0.2) is 42.4 Å². The summed E-state index contributed by atoms with van der Waals surface area (Å²) >= 11 is 0. The summed E-state index contributed by atoms with van der Waals surface area (Å²) in [5, 5.41) is 3.05. The molecule has 1 unspecified atom stereocenters. The zero-order valence-electron chi connectivity index (χ0n) is 17.9. The van der Waals surface area contributed by atoms with Crippen LogP contribution in [0.3, 0.4) is 0 Å². The van der Waals surface area contributed by atoms with E-state index >= 15 is 4.39 Å². The predicted octanol–water partition coefficient (Wildman–Crippen LogP) is 3.93. The number of alkyl halides is 2. The van der Waals surface area contributed by atoms with Crippen LogP contribution in [0.5, 0.6) is 5.75 Å². The van der Waals surface area contributed by atoms with Gasteiger partial charge in [0.05, 0.1) is 23.6 Å². The summed E-state index contributed by atoms with van der Waals surface area (Å²) in [4.78, 5) is 8.40. The number of ether oxygens (including phenoxy) is 1. The number of fused-ring (bicyclic) bond motifs is 3. The molecule has 5 rings (SSSR count). The van der Waals surface area contributed by atoms with Crippen LogP contribution in [-0.2, 0) is 16.4 Å². The van der Waals surface area contributed by atoms with Crippen molar-refractivity contribution >= 4 is 20.9 Å². The van der Waals surface area contributed by atoms with Crippen LogP contribution in [0.15, 0.2) is 59.8 Å². The van der Waals surface area contributed by atoms with Crippen molar-refractivity contribution < 1.29 is 26.3 Å². The molecule has 0 amide bonds. The fourth-order valence-electron chi connectivity index (χ4n) is 4.26. The second-order valence-corrected chi connectivity index (χ2v) is 9.90. The van der Waals surface area contributed by atoms with Gasteiger partial charge in [-0.1, -0.05) is 18.2 Å². The van der Waals surface area contributed by atoms with Crippen LogP contribution >= 0.6 is 0 Å². The molecule has 0 saturated carbocycles. The average Bonchev–Trinajstić information content (AvgIpc) is 3.15. The molecule has 0 aliphatic carbocycles. The number of hydrogen-bond donors (Lipinski definition) is 1. The molecular formula is C23H19F3N4O3S. The van der Waals surface area contributed by atoms with Crippen molar-refractivity contribution in [3.05, 3.63) is 71.9 Å². The fourth-order valence-corrected chi connectivity index (χ4v) is 4.85. The third kappa shape index (κ3) is 4.01. The van der Waals surface area contributed by atoms with E-state index < -0.39 is 28.3 Å². The highest BCUT2D eigenvalue weighted by Crippen LogP contribution is 2.36. The highest BCUT2D eigenvalue weighted by molar-refractivity contribution is 7.90. The minimum absolute atomic E-state index is 0.0493. The Morgan fingerprint density at radius 3 is 2.74 bits per heavy atom. The molecule has 34 heavy (non-hydrogen) atoms. The van der Waals surface area contributed by atoms with E-state index in [9.17, 15) is 17.2 Å². The van der Waals surface area contributed by atoms with Gasteiger partial charge in [0, 0.05) is 36.2 Å². The average molecular weight is 488 g/mol. The Hall–Kier alpha value is -3.44. The maximum absolute atomic E-state index is 15.1. The lowest BCUT2D eigenvalue weighted by molar-refractivity contribution is -0.0507. The first kappa shape index (κ1) is 22.4. The quantitative estimate of drug-likeness (QED) is 0.458. The molecule has 7 nitrogen and oxygen atoms in total. The van der Waals surface area contributed by atoms with E-state index in [4.69, 9.17) is 4.74 Å².